The van der Waals surface area contributed by atoms with Crippen LogP contribution in [0.5, 0.6) is 5.75 Å². The second kappa shape index (κ2) is 4.74. The summed E-state index contributed by atoms with van der Waals surface area (Å²) in [5.74, 6) is 1.23. The van der Waals surface area contributed by atoms with Gasteiger partial charge in [-0.05, 0) is 35.4 Å². The SMILES string of the molecule is NCc1ccn2c(Cc3cccc(O)c3)ncc2c1. The molecule has 96 valence electrons. The van der Waals surface area contributed by atoms with E-state index in [1.165, 1.54) is 0 Å². The minimum atomic E-state index is 0.281. The summed E-state index contributed by atoms with van der Waals surface area (Å²) in [6.45, 7) is 0.531. The monoisotopic (exact) mass is 253 g/mol. The molecule has 0 atom stereocenters. The summed E-state index contributed by atoms with van der Waals surface area (Å²) in [7, 11) is 0. The van der Waals surface area contributed by atoms with Crippen molar-refractivity contribution in [3.63, 3.8) is 0 Å². The lowest BCUT2D eigenvalue weighted by atomic mass is 10.1. The number of aromatic hydroxyl groups is 1. The van der Waals surface area contributed by atoms with Gasteiger partial charge in [-0.25, -0.2) is 4.98 Å². The van der Waals surface area contributed by atoms with Gasteiger partial charge in [0.1, 0.15) is 11.6 Å². The number of hydrogen-bond acceptors (Lipinski definition) is 3. The van der Waals surface area contributed by atoms with Crippen molar-refractivity contribution in [2.24, 2.45) is 5.73 Å². The fourth-order valence-electron chi connectivity index (χ4n) is 2.21. The molecule has 4 nitrogen and oxygen atoms in total. The van der Waals surface area contributed by atoms with Gasteiger partial charge in [-0.15, -0.1) is 0 Å². The minimum absolute atomic E-state index is 0.281. The molecule has 3 aromatic rings. The Morgan fingerprint density at radius 1 is 1.16 bits per heavy atom. The maximum atomic E-state index is 9.48. The third-order valence-corrected chi connectivity index (χ3v) is 3.18. The van der Waals surface area contributed by atoms with E-state index in [-0.39, 0.29) is 5.75 Å². The average Bonchev–Trinajstić information content (AvgIpc) is 2.81. The van der Waals surface area contributed by atoms with Gasteiger partial charge in [0, 0.05) is 19.2 Å². The van der Waals surface area contributed by atoms with Crippen LogP contribution in [0.25, 0.3) is 5.52 Å². The van der Waals surface area contributed by atoms with Gasteiger partial charge in [0.25, 0.3) is 0 Å². The van der Waals surface area contributed by atoms with Crippen LogP contribution in [0.1, 0.15) is 17.0 Å². The Morgan fingerprint density at radius 3 is 2.84 bits per heavy atom. The van der Waals surface area contributed by atoms with E-state index in [4.69, 9.17) is 5.73 Å². The van der Waals surface area contributed by atoms with Gasteiger partial charge in [0.15, 0.2) is 0 Å². The topological polar surface area (TPSA) is 63.5 Å². The van der Waals surface area contributed by atoms with Crippen LogP contribution in [0.15, 0.2) is 48.8 Å². The van der Waals surface area contributed by atoms with E-state index >= 15 is 0 Å². The minimum Gasteiger partial charge on any atom is -0.508 e. The number of rotatable bonds is 3. The van der Waals surface area contributed by atoms with Gasteiger partial charge in [0.2, 0.25) is 0 Å². The number of nitrogens with zero attached hydrogens (tertiary/aromatic N) is 2. The third-order valence-electron chi connectivity index (χ3n) is 3.18. The zero-order valence-electron chi connectivity index (χ0n) is 10.5. The molecule has 0 unspecified atom stereocenters. The predicted octanol–water partition coefficient (Wildman–Crippen LogP) is 2.09. The number of phenols is 1. The number of imidazole rings is 1. The summed E-state index contributed by atoms with van der Waals surface area (Å²) in [6, 6.07) is 11.3. The molecule has 0 aliphatic rings. The summed E-state index contributed by atoms with van der Waals surface area (Å²) < 4.78 is 2.04. The molecule has 2 heterocycles. The van der Waals surface area contributed by atoms with Gasteiger partial charge in [-0.1, -0.05) is 12.1 Å². The second-order valence-corrected chi connectivity index (χ2v) is 4.56. The van der Waals surface area contributed by atoms with Gasteiger partial charge in [-0.2, -0.15) is 0 Å². The van der Waals surface area contributed by atoms with Crippen LogP contribution in [0, 0.1) is 0 Å². The quantitative estimate of drug-likeness (QED) is 0.751. The van der Waals surface area contributed by atoms with Crippen molar-refractivity contribution in [1.82, 2.24) is 9.38 Å². The first-order valence-corrected chi connectivity index (χ1v) is 6.19. The lowest BCUT2D eigenvalue weighted by molar-refractivity contribution is 0.474. The van der Waals surface area contributed by atoms with Crippen molar-refractivity contribution in [2.45, 2.75) is 13.0 Å². The number of benzene rings is 1. The molecular weight excluding hydrogens is 238 g/mol. The Balaban J connectivity index is 1.97. The molecule has 3 N–H and O–H groups in total. The van der Waals surface area contributed by atoms with Crippen molar-refractivity contribution in [1.29, 1.82) is 0 Å². The van der Waals surface area contributed by atoms with Crippen molar-refractivity contribution in [2.75, 3.05) is 0 Å². The molecule has 0 saturated carbocycles. The largest absolute Gasteiger partial charge is 0.508 e. The molecule has 2 aromatic heterocycles. The van der Waals surface area contributed by atoms with Crippen molar-refractivity contribution in [3.05, 3.63) is 65.7 Å². The van der Waals surface area contributed by atoms with E-state index < -0.39 is 0 Å². The Labute approximate surface area is 111 Å². The van der Waals surface area contributed by atoms with Crippen LogP contribution in [-0.2, 0) is 13.0 Å². The number of fused-ring (bicyclic) bond motifs is 1. The van der Waals surface area contributed by atoms with Crippen molar-refractivity contribution >= 4 is 5.52 Å². The number of aromatic nitrogens is 2. The zero-order chi connectivity index (χ0) is 13.2. The number of hydrogen-bond donors (Lipinski definition) is 2. The molecule has 0 bridgehead atoms. The van der Waals surface area contributed by atoms with Crippen LogP contribution in [0.2, 0.25) is 0 Å². The third kappa shape index (κ3) is 2.30. The van der Waals surface area contributed by atoms with Crippen LogP contribution in [0.4, 0.5) is 0 Å². The summed E-state index contributed by atoms with van der Waals surface area (Å²) in [4.78, 5) is 4.44. The summed E-state index contributed by atoms with van der Waals surface area (Å²) in [5, 5.41) is 9.48. The first kappa shape index (κ1) is 11.7. The van der Waals surface area contributed by atoms with Crippen LogP contribution in [0.3, 0.4) is 0 Å². The van der Waals surface area contributed by atoms with Crippen molar-refractivity contribution < 1.29 is 5.11 Å². The highest BCUT2D eigenvalue weighted by molar-refractivity contribution is 5.49. The van der Waals surface area contributed by atoms with E-state index in [2.05, 4.69) is 4.98 Å². The molecule has 0 spiro atoms. The number of nitrogens with two attached hydrogens (primary N) is 1. The van der Waals surface area contributed by atoms with Gasteiger partial charge >= 0.3 is 0 Å². The molecule has 0 amide bonds. The molecule has 0 saturated heterocycles. The van der Waals surface area contributed by atoms with E-state index in [9.17, 15) is 5.11 Å². The normalized spacial score (nSPS) is 11.0. The second-order valence-electron chi connectivity index (χ2n) is 4.56. The molecular formula is C15H15N3O. The van der Waals surface area contributed by atoms with Crippen molar-refractivity contribution in [3.8, 4) is 5.75 Å². The van der Waals surface area contributed by atoms with E-state index in [0.29, 0.717) is 13.0 Å². The molecule has 3 rings (SSSR count). The molecule has 0 radical (unpaired) electrons. The Bertz CT molecular complexity index is 718. The maximum Gasteiger partial charge on any atom is 0.117 e. The van der Waals surface area contributed by atoms with E-state index in [0.717, 1.165) is 22.5 Å². The number of pyridine rings is 1. The standard InChI is InChI=1S/C15H15N3O/c16-9-12-4-5-18-13(6-12)10-17-15(18)8-11-2-1-3-14(19)7-11/h1-7,10,19H,8-9,16H2. The zero-order valence-corrected chi connectivity index (χ0v) is 10.5. The van der Waals surface area contributed by atoms with Gasteiger partial charge in [-0.3, -0.25) is 0 Å². The van der Waals surface area contributed by atoms with Gasteiger partial charge < -0.3 is 15.2 Å². The summed E-state index contributed by atoms with van der Waals surface area (Å²) in [6.07, 6.45) is 4.52. The first-order chi connectivity index (χ1) is 9.26. The fourth-order valence-corrected chi connectivity index (χ4v) is 2.21. The van der Waals surface area contributed by atoms with E-state index in [1.807, 2.05) is 41.1 Å². The predicted molar refractivity (Wildman–Crippen MR) is 74.0 cm³/mol. The highest BCUT2D eigenvalue weighted by Gasteiger charge is 2.05. The van der Waals surface area contributed by atoms with Gasteiger partial charge in [0.05, 0.1) is 11.7 Å². The maximum absolute atomic E-state index is 9.48. The lowest BCUT2D eigenvalue weighted by Crippen LogP contribution is -1.99. The van der Waals surface area contributed by atoms with Crippen LogP contribution in [-0.4, -0.2) is 14.5 Å². The number of phenolic OH excluding ortho intramolecular Hbond substituents is 1. The first-order valence-electron chi connectivity index (χ1n) is 6.19. The molecule has 4 heteroatoms. The van der Waals surface area contributed by atoms with Crippen LogP contribution >= 0.6 is 0 Å². The molecule has 1 aromatic carbocycles. The Morgan fingerprint density at radius 2 is 2.05 bits per heavy atom. The van der Waals surface area contributed by atoms with E-state index in [1.54, 1.807) is 12.1 Å². The molecule has 0 aliphatic carbocycles. The average molecular weight is 253 g/mol. The highest BCUT2D eigenvalue weighted by Crippen LogP contribution is 2.16. The molecule has 19 heavy (non-hydrogen) atoms. The Hall–Kier alpha value is -2.33. The Kier molecular flexibility index (Phi) is 2.93. The highest BCUT2D eigenvalue weighted by atomic mass is 16.3. The molecule has 0 aliphatic heterocycles. The summed E-state index contributed by atoms with van der Waals surface area (Å²) in [5.41, 5.74) is 8.80. The fraction of sp³-hybridized carbons (Fsp3) is 0.133. The molecule has 0 fully saturated rings. The van der Waals surface area contributed by atoms with Crippen LogP contribution < -0.4 is 5.73 Å². The lowest BCUT2D eigenvalue weighted by Gasteiger charge is -2.04. The summed E-state index contributed by atoms with van der Waals surface area (Å²) >= 11 is 0. The smallest absolute Gasteiger partial charge is 0.117 e.